The Hall–Kier alpha value is -1.38. The van der Waals surface area contributed by atoms with Gasteiger partial charge in [-0.1, -0.05) is 38.5 Å². The quantitative estimate of drug-likeness (QED) is 0.515. The minimum absolute atomic E-state index is 0.0463. The lowest BCUT2D eigenvalue weighted by atomic mass is 9.88. The van der Waals surface area contributed by atoms with Crippen LogP contribution in [0.4, 0.5) is 0 Å². The molecule has 0 aromatic rings. The molecule has 0 saturated carbocycles. The van der Waals surface area contributed by atoms with Crippen LogP contribution in [-0.4, -0.2) is 16.7 Å². The largest absolute Gasteiger partial charge is 0.274 e. The van der Waals surface area contributed by atoms with Gasteiger partial charge in [-0.3, -0.25) is 14.5 Å². The lowest BCUT2D eigenvalue weighted by Crippen LogP contribution is -2.34. The number of amides is 2. The van der Waals surface area contributed by atoms with Crippen LogP contribution in [-0.2, 0) is 9.59 Å². The average Bonchev–Trinajstić information content (AvgIpc) is 2.48. The zero-order valence-corrected chi connectivity index (χ0v) is 10.9. The summed E-state index contributed by atoms with van der Waals surface area (Å²) in [4.78, 5) is 25.3. The number of carbonyl (C=O) groups is 2. The molecule has 0 aromatic heterocycles. The van der Waals surface area contributed by atoms with Crippen molar-refractivity contribution in [2.75, 3.05) is 0 Å². The van der Waals surface area contributed by atoms with Crippen molar-refractivity contribution in [3.63, 3.8) is 0 Å². The molecule has 1 saturated heterocycles. The van der Waals surface area contributed by atoms with Crippen LogP contribution in [0.5, 0.6) is 0 Å². The highest BCUT2D eigenvalue weighted by molar-refractivity contribution is 6.05. The summed E-state index contributed by atoms with van der Waals surface area (Å²) >= 11 is 0. The third-order valence-electron chi connectivity index (χ3n) is 3.72. The molecule has 0 radical (unpaired) electrons. The van der Waals surface area contributed by atoms with E-state index < -0.39 is 0 Å². The minimum atomic E-state index is -0.169. The second kappa shape index (κ2) is 4.13. The van der Waals surface area contributed by atoms with E-state index in [0.29, 0.717) is 6.42 Å². The molecule has 3 atom stereocenters. The highest BCUT2D eigenvalue weighted by Gasteiger charge is 2.39. The number of hydrogen-bond acceptors (Lipinski definition) is 2. The third-order valence-corrected chi connectivity index (χ3v) is 3.72. The molecule has 0 N–H and O–H groups in total. The van der Waals surface area contributed by atoms with Crippen LogP contribution in [0.25, 0.3) is 0 Å². The summed E-state index contributed by atoms with van der Waals surface area (Å²) < 4.78 is 0. The van der Waals surface area contributed by atoms with Crippen molar-refractivity contribution >= 4 is 11.8 Å². The van der Waals surface area contributed by atoms with Crippen LogP contribution in [0.1, 0.15) is 34.1 Å². The normalized spacial score (nSPS) is 33.9. The standard InChI is InChI=1S/C14H19NO2/c1-8-5-9(2)11(4)12(6-8)15-13(16)7-10(3)14(15)17/h5-6,8,10-11H,7H2,1-4H3. The van der Waals surface area contributed by atoms with Crippen LogP contribution in [0, 0.1) is 17.8 Å². The summed E-state index contributed by atoms with van der Waals surface area (Å²) in [5.74, 6) is 0.178. The molecule has 3 heteroatoms. The molecule has 17 heavy (non-hydrogen) atoms. The molecule has 2 rings (SSSR count). The summed E-state index contributed by atoms with van der Waals surface area (Å²) in [6, 6.07) is 0. The Morgan fingerprint density at radius 3 is 2.35 bits per heavy atom. The van der Waals surface area contributed by atoms with Crippen molar-refractivity contribution in [3.8, 4) is 0 Å². The lowest BCUT2D eigenvalue weighted by molar-refractivity contribution is -0.137. The van der Waals surface area contributed by atoms with E-state index in [2.05, 4.69) is 19.9 Å². The maximum absolute atomic E-state index is 12.0. The van der Waals surface area contributed by atoms with E-state index in [0.717, 1.165) is 5.70 Å². The number of carbonyl (C=O) groups excluding carboxylic acids is 2. The molecule has 3 nitrogen and oxygen atoms in total. The number of hydrogen-bond donors (Lipinski definition) is 0. The summed E-state index contributed by atoms with van der Waals surface area (Å²) in [6.07, 6.45) is 4.56. The number of nitrogens with zero attached hydrogens (tertiary/aromatic N) is 1. The summed E-state index contributed by atoms with van der Waals surface area (Å²) in [6.45, 7) is 8.00. The van der Waals surface area contributed by atoms with Crippen LogP contribution in [0.15, 0.2) is 23.4 Å². The topological polar surface area (TPSA) is 37.4 Å². The Morgan fingerprint density at radius 1 is 1.18 bits per heavy atom. The van der Waals surface area contributed by atoms with Gasteiger partial charge < -0.3 is 0 Å². The molecule has 0 spiro atoms. The molecule has 2 amide bonds. The maximum Gasteiger partial charge on any atom is 0.236 e. The fourth-order valence-electron chi connectivity index (χ4n) is 2.58. The van der Waals surface area contributed by atoms with Crippen molar-refractivity contribution < 1.29 is 9.59 Å². The van der Waals surface area contributed by atoms with Gasteiger partial charge >= 0.3 is 0 Å². The Labute approximate surface area is 102 Å². The molecule has 1 heterocycles. The Morgan fingerprint density at radius 2 is 1.82 bits per heavy atom. The van der Waals surface area contributed by atoms with Crippen molar-refractivity contribution in [2.45, 2.75) is 34.1 Å². The molecule has 2 aliphatic rings. The molecule has 0 bridgehead atoms. The number of imide groups is 1. The molecule has 1 aliphatic carbocycles. The van der Waals surface area contributed by atoms with Gasteiger partial charge in [0, 0.05) is 24.0 Å². The fraction of sp³-hybridized carbons (Fsp3) is 0.571. The van der Waals surface area contributed by atoms with E-state index in [1.165, 1.54) is 10.5 Å². The Bertz CT molecular complexity index is 434. The monoisotopic (exact) mass is 233 g/mol. The van der Waals surface area contributed by atoms with Gasteiger partial charge in [0.2, 0.25) is 11.8 Å². The smallest absolute Gasteiger partial charge is 0.236 e. The highest BCUT2D eigenvalue weighted by Crippen LogP contribution is 2.34. The number of allylic oxidation sites excluding steroid dienone is 3. The van der Waals surface area contributed by atoms with Gasteiger partial charge in [0.05, 0.1) is 0 Å². The molecule has 92 valence electrons. The van der Waals surface area contributed by atoms with E-state index in [9.17, 15) is 9.59 Å². The first-order valence-electron chi connectivity index (χ1n) is 6.18. The average molecular weight is 233 g/mol. The van der Waals surface area contributed by atoms with E-state index >= 15 is 0 Å². The highest BCUT2D eigenvalue weighted by atomic mass is 16.2. The first kappa shape index (κ1) is 12.1. The van der Waals surface area contributed by atoms with Crippen molar-refractivity contribution in [3.05, 3.63) is 23.4 Å². The van der Waals surface area contributed by atoms with E-state index in [-0.39, 0.29) is 29.6 Å². The van der Waals surface area contributed by atoms with Crippen molar-refractivity contribution in [1.82, 2.24) is 4.90 Å². The maximum atomic E-state index is 12.0. The SMILES string of the molecule is CC1=CC(C)C=C(N2C(=O)CC(C)C2=O)C1C. The van der Waals surface area contributed by atoms with E-state index in [4.69, 9.17) is 0 Å². The van der Waals surface area contributed by atoms with Gasteiger partial charge in [-0.2, -0.15) is 0 Å². The van der Waals surface area contributed by atoms with Gasteiger partial charge in [0.25, 0.3) is 0 Å². The summed E-state index contributed by atoms with van der Waals surface area (Å²) in [7, 11) is 0. The molecular formula is C14H19NO2. The molecule has 1 fully saturated rings. The molecule has 1 aliphatic heterocycles. The van der Waals surface area contributed by atoms with Crippen LogP contribution >= 0.6 is 0 Å². The predicted octanol–water partition coefficient (Wildman–Crippen LogP) is 2.50. The van der Waals surface area contributed by atoms with Gasteiger partial charge in [-0.25, -0.2) is 0 Å². The summed E-state index contributed by atoms with van der Waals surface area (Å²) in [5, 5.41) is 0. The zero-order chi connectivity index (χ0) is 12.7. The third kappa shape index (κ3) is 1.94. The Balaban J connectivity index is 2.35. The second-order valence-corrected chi connectivity index (χ2v) is 5.26. The van der Waals surface area contributed by atoms with Crippen LogP contribution in [0.2, 0.25) is 0 Å². The van der Waals surface area contributed by atoms with Gasteiger partial charge in [-0.15, -0.1) is 0 Å². The molecule has 0 aromatic carbocycles. The van der Waals surface area contributed by atoms with E-state index in [1.54, 1.807) is 0 Å². The first-order valence-corrected chi connectivity index (χ1v) is 6.18. The minimum Gasteiger partial charge on any atom is -0.274 e. The van der Waals surface area contributed by atoms with E-state index in [1.807, 2.05) is 19.9 Å². The number of likely N-dealkylation sites (tertiary alicyclic amines) is 1. The Kier molecular flexibility index (Phi) is 2.94. The van der Waals surface area contributed by atoms with Gasteiger partial charge in [-0.05, 0) is 12.8 Å². The van der Waals surface area contributed by atoms with Crippen LogP contribution < -0.4 is 0 Å². The first-order chi connectivity index (χ1) is 7.91. The summed E-state index contributed by atoms with van der Waals surface area (Å²) in [5.41, 5.74) is 2.10. The predicted molar refractivity (Wildman–Crippen MR) is 65.8 cm³/mol. The van der Waals surface area contributed by atoms with Gasteiger partial charge in [0.1, 0.15) is 0 Å². The lowest BCUT2D eigenvalue weighted by Gasteiger charge is -2.29. The number of rotatable bonds is 1. The zero-order valence-electron chi connectivity index (χ0n) is 10.9. The van der Waals surface area contributed by atoms with Gasteiger partial charge in [0.15, 0.2) is 0 Å². The molecular weight excluding hydrogens is 214 g/mol. The molecule has 3 unspecified atom stereocenters. The van der Waals surface area contributed by atoms with Crippen LogP contribution in [0.3, 0.4) is 0 Å². The van der Waals surface area contributed by atoms with Crippen molar-refractivity contribution in [2.24, 2.45) is 17.8 Å². The fourth-order valence-corrected chi connectivity index (χ4v) is 2.58. The van der Waals surface area contributed by atoms with Crippen molar-refractivity contribution in [1.29, 1.82) is 0 Å². The second-order valence-electron chi connectivity index (χ2n) is 5.26.